The number of rotatable bonds is 4. The van der Waals surface area contributed by atoms with Gasteiger partial charge in [-0.05, 0) is 45.4 Å². The van der Waals surface area contributed by atoms with E-state index < -0.39 is 0 Å². The molecule has 1 amide bonds. The number of hydrogen-bond donors (Lipinski definition) is 1. The van der Waals surface area contributed by atoms with Crippen molar-refractivity contribution < 1.29 is 9.53 Å². The topological polar surface area (TPSA) is 41.6 Å². The number of piperidine rings is 2. The minimum Gasteiger partial charge on any atom is -0.376 e. The summed E-state index contributed by atoms with van der Waals surface area (Å²) in [6, 6.07) is 0.508. The van der Waals surface area contributed by atoms with Gasteiger partial charge in [0.15, 0.2) is 0 Å². The van der Waals surface area contributed by atoms with Gasteiger partial charge in [0, 0.05) is 25.7 Å². The number of hydrogen-bond acceptors (Lipinski definition) is 3. The number of carbonyl (C=O) groups is 1. The zero-order valence-electron chi connectivity index (χ0n) is 12.4. The third-order valence-electron chi connectivity index (χ3n) is 4.16. The van der Waals surface area contributed by atoms with Crippen molar-refractivity contribution in [2.75, 3.05) is 19.7 Å². The molecule has 3 atom stereocenters. The Labute approximate surface area is 116 Å². The van der Waals surface area contributed by atoms with Gasteiger partial charge in [0.25, 0.3) is 0 Å². The molecule has 0 aliphatic carbocycles. The van der Waals surface area contributed by atoms with Crippen LogP contribution in [0.1, 0.15) is 52.4 Å². The van der Waals surface area contributed by atoms with Crippen LogP contribution in [0, 0.1) is 0 Å². The molecule has 2 rings (SSSR count). The summed E-state index contributed by atoms with van der Waals surface area (Å²) in [6.45, 7) is 6.79. The number of amides is 1. The average molecular weight is 268 g/mol. The number of ether oxygens (including phenoxy) is 1. The molecule has 2 heterocycles. The van der Waals surface area contributed by atoms with E-state index in [2.05, 4.69) is 19.2 Å². The van der Waals surface area contributed by atoms with Gasteiger partial charge < -0.3 is 15.0 Å². The van der Waals surface area contributed by atoms with Crippen molar-refractivity contribution in [2.24, 2.45) is 0 Å². The molecule has 4 nitrogen and oxygen atoms in total. The second-order valence-electron chi connectivity index (χ2n) is 5.97. The summed E-state index contributed by atoms with van der Waals surface area (Å²) in [5.74, 6) is 0.288. The Balaban J connectivity index is 1.84. The quantitative estimate of drug-likeness (QED) is 0.847. The molecule has 0 bridgehead atoms. The molecule has 19 heavy (non-hydrogen) atoms. The van der Waals surface area contributed by atoms with Gasteiger partial charge in [-0.3, -0.25) is 4.79 Å². The van der Waals surface area contributed by atoms with Crippen LogP contribution in [-0.2, 0) is 9.53 Å². The summed E-state index contributed by atoms with van der Waals surface area (Å²) in [5, 5.41) is 3.44. The van der Waals surface area contributed by atoms with E-state index in [9.17, 15) is 4.79 Å². The van der Waals surface area contributed by atoms with E-state index in [0.717, 1.165) is 51.8 Å². The lowest BCUT2D eigenvalue weighted by molar-refractivity contribution is -0.138. The first kappa shape index (κ1) is 14.8. The average Bonchev–Trinajstić information content (AvgIpc) is 2.44. The highest BCUT2D eigenvalue weighted by Crippen LogP contribution is 2.18. The van der Waals surface area contributed by atoms with E-state index in [4.69, 9.17) is 4.74 Å². The Morgan fingerprint density at radius 2 is 2.16 bits per heavy atom. The zero-order valence-corrected chi connectivity index (χ0v) is 12.4. The SMILES string of the molecule is CCCOC1CCCN(C(=O)C2CCCC(C)N2)C1. The van der Waals surface area contributed by atoms with Crippen LogP contribution in [0.2, 0.25) is 0 Å². The normalized spacial score (nSPS) is 32.3. The summed E-state index contributed by atoms with van der Waals surface area (Å²) < 4.78 is 5.81. The van der Waals surface area contributed by atoms with Crippen molar-refractivity contribution in [3.05, 3.63) is 0 Å². The maximum Gasteiger partial charge on any atom is 0.239 e. The fourth-order valence-electron chi connectivity index (χ4n) is 3.11. The predicted octanol–water partition coefficient (Wildman–Crippen LogP) is 1.93. The highest BCUT2D eigenvalue weighted by molar-refractivity contribution is 5.82. The van der Waals surface area contributed by atoms with E-state index >= 15 is 0 Å². The number of nitrogens with one attached hydrogen (secondary N) is 1. The number of nitrogens with zero attached hydrogens (tertiary/aromatic N) is 1. The van der Waals surface area contributed by atoms with Crippen LogP contribution in [0.5, 0.6) is 0 Å². The Hall–Kier alpha value is -0.610. The highest BCUT2D eigenvalue weighted by Gasteiger charge is 2.31. The first-order valence-corrected chi connectivity index (χ1v) is 7.87. The first-order chi connectivity index (χ1) is 9.20. The van der Waals surface area contributed by atoms with Crippen LogP contribution in [0.15, 0.2) is 0 Å². The summed E-state index contributed by atoms with van der Waals surface area (Å²) >= 11 is 0. The van der Waals surface area contributed by atoms with Gasteiger partial charge in [-0.15, -0.1) is 0 Å². The van der Waals surface area contributed by atoms with Gasteiger partial charge >= 0.3 is 0 Å². The maximum absolute atomic E-state index is 12.5. The van der Waals surface area contributed by atoms with E-state index in [-0.39, 0.29) is 18.1 Å². The second kappa shape index (κ2) is 7.25. The summed E-state index contributed by atoms with van der Waals surface area (Å²) in [4.78, 5) is 14.5. The Bertz CT molecular complexity index is 296. The first-order valence-electron chi connectivity index (χ1n) is 7.87. The van der Waals surface area contributed by atoms with Gasteiger partial charge in [-0.1, -0.05) is 6.92 Å². The lowest BCUT2D eigenvalue weighted by atomic mass is 9.97. The molecule has 0 aromatic rings. The third-order valence-corrected chi connectivity index (χ3v) is 4.16. The molecule has 110 valence electrons. The van der Waals surface area contributed by atoms with Gasteiger partial charge in [0.05, 0.1) is 12.1 Å². The maximum atomic E-state index is 12.5. The van der Waals surface area contributed by atoms with E-state index in [1.54, 1.807) is 0 Å². The summed E-state index contributed by atoms with van der Waals surface area (Å²) in [6.07, 6.45) is 6.80. The number of carbonyl (C=O) groups excluding carboxylic acids is 1. The minimum atomic E-state index is 0.0358. The summed E-state index contributed by atoms with van der Waals surface area (Å²) in [5.41, 5.74) is 0. The molecular weight excluding hydrogens is 240 g/mol. The molecule has 2 fully saturated rings. The van der Waals surface area contributed by atoms with Crippen LogP contribution < -0.4 is 5.32 Å². The Kier molecular flexibility index (Phi) is 5.64. The molecule has 2 saturated heterocycles. The van der Waals surface area contributed by atoms with E-state index in [0.29, 0.717) is 6.04 Å². The molecule has 3 unspecified atom stereocenters. The lowest BCUT2D eigenvalue weighted by Gasteiger charge is -2.37. The molecular formula is C15H28N2O2. The molecule has 0 spiro atoms. The van der Waals surface area contributed by atoms with Crippen molar-refractivity contribution in [1.82, 2.24) is 10.2 Å². The zero-order chi connectivity index (χ0) is 13.7. The van der Waals surface area contributed by atoms with Crippen LogP contribution in [0.3, 0.4) is 0 Å². The fourth-order valence-corrected chi connectivity index (χ4v) is 3.11. The van der Waals surface area contributed by atoms with Crippen LogP contribution in [0.25, 0.3) is 0 Å². The van der Waals surface area contributed by atoms with Crippen molar-refractivity contribution >= 4 is 5.91 Å². The second-order valence-corrected chi connectivity index (χ2v) is 5.97. The highest BCUT2D eigenvalue weighted by atomic mass is 16.5. The molecule has 4 heteroatoms. The van der Waals surface area contributed by atoms with Crippen LogP contribution in [-0.4, -0.2) is 48.7 Å². The molecule has 2 aliphatic rings. The Morgan fingerprint density at radius 1 is 1.32 bits per heavy atom. The molecule has 1 N–H and O–H groups in total. The fraction of sp³-hybridized carbons (Fsp3) is 0.933. The van der Waals surface area contributed by atoms with Crippen LogP contribution >= 0.6 is 0 Å². The lowest BCUT2D eigenvalue weighted by Crippen LogP contribution is -2.54. The third kappa shape index (κ3) is 4.18. The van der Waals surface area contributed by atoms with Crippen molar-refractivity contribution in [2.45, 2.75) is 70.6 Å². The molecule has 0 aromatic carbocycles. The summed E-state index contributed by atoms with van der Waals surface area (Å²) in [7, 11) is 0. The van der Waals surface area contributed by atoms with Gasteiger partial charge in [0.1, 0.15) is 0 Å². The molecule has 0 aromatic heterocycles. The van der Waals surface area contributed by atoms with Gasteiger partial charge in [-0.25, -0.2) is 0 Å². The molecule has 2 aliphatic heterocycles. The van der Waals surface area contributed by atoms with Crippen molar-refractivity contribution in [3.63, 3.8) is 0 Å². The van der Waals surface area contributed by atoms with Gasteiger partial charge in [0.2, 0.25) is 5.91 Å². The monoisotopic (exact) mass is 268 g/mol. The van der Waals surface area contributed by atoms with E-state index in [1.807, 2.05) is 4.90 Å². The molecule has 0 radical (unpaired) electrons. The Morgan fingerprint density at radius 3 is 2.89 bits per heavy atom. The largest absolute Gasteiger partial charge is 0.376 e. The van der Waals surface area contributed by atoms with E-state index in [1.165, 1.54) is 6.42 Å². The van der Waals surface area contributed by atoms with Crippen molar-refractivity contribution in [1.29, 1.82) is 0 Å². The van der Waals surface area contributed by atoms with Gasteiger partial charge in [-0.2, -0.15) is 0 Å². The van der Waals surface area contributed by atoms with Crippen molar-refractivity contribution in [3.8, 4) is 0 Å². The number of likely N-dealkylation sites (tertiary alicyclic amines) is 1. The van der Waals surface area contributed by atoms with Crippen LogP contribution in [0.4, 0.5) is 0 Å². The predicted molar refractivity (Wildman–Crippen MR) is 76.1 cm³/mol. The minimum absolute atomic E-state index is 0.0358. The standard InChI is InChI=1S/C15H28N2O2/c1-3-10-19-13-7-5-9-17(11-13)15(18)14-8-4-6-12(2)16-14/h12-14,16H,3-11H2,1-2H3. The molecule has 0 saturated carbocycles. The smallest absolute Gasteiger partial charge is 0.239 e.